The quantitative estimate of drug-likeness (QED) is 0.756. The Labute approximate surface area is 90.6 Å². The summed E-state index contributed by atoms with van der Waals surface area (Å²) in [6.45, 7) is 3.85. The summed E-state index contributed by atoms with van der Waals surface area (Å²) in [6.07, 6.45) is -0.611. The number of rotatable bonds is 5. The Morgan fingerprint density at radius 1 is 1.27 bits per heavy atom. The molecule has 1 aromatic carbocycles. The lowest BCUT2D eigenvalue weighted by atomic mass is 10.1. The molecule has 84 valence electrons. The second-order valence-electron chi connectivity index (χ2n) is 3.84. The summed E-state index contributed by atoms with van der Waals surface area (Å²) in [5, 5.41) is 9.80. The number of hydrogen-bond acceptors (Lipinski definition) is 3. The van der Waals surface area contributed by atoms with Gasteiger partial charge in [0.2, 0.25) is 0 Å². The van der Waals surface area contributed by atoms with Crippen LogP contribution in [0.4, 0.5) is 0 Å². The second kappa shape index (κ2) is 5.26. The molecule has 0 amide bonds. The van der Waals surface area contributed by atoms with E-state index in [1.807, 2.05) is 44.2 Å². The number of benzene rings is 1. The first kappa shape index (κ1) is 12.2. The van der Waals surface area contributed by atoms with Gasteiger partial charge in [-0.25, -0.2) is 0 Å². The van der Waals surface area contributed by atoms with Crippen molar-refractivity contribution in [2.45, 2.75) is 25.7 Å². The molecule has 15 heavy (non-hydrogen) atoms. The van der Waals surface area contributed by atoms with E-state index < -0.39 is 11.9 Å². The van der Waals surface area contributed by atoms with Gasteiger partial charge in [-0.3, -0.25) is 0 Å². The summed E-state index contributed by atoms with van der Waals surface area (Å²) >= 11 is 0. The van der Waals surface area contributed by atoms with E-state index in [0.29, 0.717) is 0 Å². The lowest BCUT2D eigenvalue weighted by Crippen LogP contribution is -2.28. The van der Waals surface area contributed by atoms with Crippen molar-refractivity contribution < 1.29 is 14.6 Å². The first-order chi connectivity index (χ1) is 7.05. The minimum atomic E-state index is -0.657. The topological polar surface area (TPSA) is 38.7 Å². The largest absolute Gasteiger partial charge is 0.386 e. The third-order valence-electron chi connectivity index (χ3n) is 2.26. The molecule has 0 saturated carbocycles. The zero-order valence-corrected chi connectivity index (χ0v) is 9.43. The summed E-state index contributed by atoms with van der Waals surface area (Å²) in [6, 6.07) is 9.43. The third kappa shape index (κ3) is 4.00. The standard InChI is InChI=1S/C12H18O3/c1-12(2,14-3)15-9-11(13)10-7-5-4-6-8-10/h4-8,11,13H,9H2,1-3H3. The average molecular weight is 210 g/mol. The van der Waals surface area contributed by atoms with Crippen LogP contribution in [0, 0.1) is 0 Å². The van der Waals surface area contributed by atoms with E-state index >= 15 is 0 Å². The number of aliphatic hydroxyl groups excluding tert-OH is 1. The Morgan fingerprint density at radius 3 is 2.40 bits per heavy atom. The number of ether oxygens (including phenoxy) is 2. The van der Waals surface area contributed by atoms with E-state index in [4.69, 9.17) is 9.47 Å². The van der Waals surface area contributed by atoms with Gasteiger partial charge in [0.1, 0.15) is 6.10 Å². The third-order valence-corrected chi connectivity index (χ3v) is 2.26. The molecule has 1 aromatic rings. The maximum Gasteiger partial charge on any atom is 0.162 e. The molecule has 0 aliphatic rings. The van der Waals surface area contributed by atoms with Crippen molar-refractivity contribution in [1.82, 2.24) is 0 Å². The molecule has 3 heteroatoms. The zero-order valence-electron chi connectivity index (χ0n) is 9.43. The van der Waals surface area contributed by atoms with E-state index in [9.17, 15) is 5.11 Å². The zero-order chi connectivity index (χ0) is 11.3. The molecule has 1 atom stereocenters. The molecular weight excluding hydrogens is 192 g/mol. The highest BCUT2D eigenvalue weighted by Crippen LogP contribution is 2.16. The van der Waals surface area contributed by atoms with Crippen molar-refractivity contribution in [2.24, 2.45) is 0 Å². The summed E-state index contributed by atoms with van der Waals surface area (Å²) in [5.74, 6) is -0.657. The van der Waals surface area contributed by atoms with Gasteiger partial charge in [0.25, 0.3) is 0 Å². The molecule has 1 unspecified atom stereocenters. The van der Waals surface area contributed by atoms with Gasteiger partial charge in [-0.05, 0) is 19.4 Å². The molecule has 0 aliphatic carbocycles. The van der Waals surface area contributed by atoms with Gasteiger partial charge >= 0.3 is 0 Å². The smallest absolute Gasteiger partial charge is 0.162 e. The predicted octanol–water partition coefficient (Wildman–Crippen LogP) is 2.12. The molecule has 1 N–H and O–H groups in total. The Kier molecular flexibility index (Phi) is 4.27. The number of hydrogen-bond donors (Lipinski definition) is 1. The Bertz CT molecular complexity index is 282. The fourth-order valence-electron chi connectivity index (χ4n) is 1.11. The van der Waals surface area contributed by atoms with Crippen LogP contribution < -0.4 is 0 Å². The van der Waals surface area contributed by atoms with Gasteiger partial charge in [0.15, 0.2) is 5.79 Å². The summed E-state index contributed by atoms with van der Waals surface area (Å²) in [7, 11) is 1.58. The summed E-state index contributed by atoms with van der Waals surface area (Å²) in [5.41, 5.74) is 0.851. The van der Waals surface area contributed by atoms with Crippen molar-refractivity contribution >= 4 is 0 Å². The SMILES string of the molecule is COC(C)(C)OCC(O)c1ccccc1. The molecule has 0 spiro atoms. The first-order valence-corrected chi connectivity index (χ1v) is 4.97. The maximum atomic E-state index is 9.80. The molecule has 0 aliphatic heterocycles. The molecule has 0 radical (unpaired) electrons. The van der Waals surface area contributed by atoms with E-state index in [-0.39, 0.29) is 6.61 Å². The van der Waals surface area contributed by atoms with Crippen molar-refractivity contribution in [3.05, 3.63) is 35.9 Å². The molecule has 0 bridgehead atoms. The van der Waals surface area contributed by atoms with Crippen LogP contribution in [0.5, 0.6) is 0 Å². The van der Waals surface area contributed by atoms with E-state index in [1.54, 1.807) is 7.11 Å². The van der Waals surface area contributed by atoms with Crippen LogP contribution in [-0.4, -0.2) is 24.6 Å². The van der Waals surface area contributed by atoms with Gasteiger partial charge in [-0.2, -0.15) is 0 Å². The van der Waals surface area contributed by atoms with Crippen molar-refractivity contribution in [1.29, 1.82) is 0 Å². The molecule has 1 rings (SSSR count). The van der Waals surface area contributed by atoms with Crippen LogP contribution in [0.15, 0.2) is 30.3 Å². The molecule has 0 heterocycles. The van der Waals surface area contributed by atoms with Gasteiger partial charge < -0.3 is 14.6 Å². The lowest BCUT2D eigenvalue weighted by molar-refractivity contribution is -0.209. The molecular formula is C12H18O3. The normalized spacial score (nSPS) is 13.9. The van der Waals surface area contributed by atoms with Crippen LogP contribution >= 0.6 is 0 Å². The molecule has 0 saturated heterocycles. The van der Waals surface area contributed by atoms with Crippen LogP contribution in [0.2, 0.25) is 0 Å². The Balaban J connectivity index is 2.47. The van der Waals surface area contributed by atoms with E-state index in [1.165, 1.54) is 0 Å². The van der Waals surface area contributed by atoms with Crippen LogP contribution in [0.25, 0.3) is 0 Å². The van der Waals surface area contributed by atoms with Gasteiger partial charge in [0.05, 0.1) is 6.61 Å². The highest BCUT2D eigenvalue weighted by Gasteiger charge is 2.19. The summed E-state index contributed by atoms with van der Waals surface area (Å²) in [4.78, 5) is 0. The van der Waals surface area contributed by atoms with Gasteiger partial charge in [-0.1, -0.05) is 30.3 Å². The van der Waals surface area contributed by atoms with E-state index in [0.717, 1.165) is 5.56 Å². The monoisotopic (exact) mass is 210 g/mol. The predicted molar refractivity (Wildman–Crippen MR) is 58.4 cm³/mol. The van der Waals surface area contributed by atoms with Crippen molar-refractivity contribution in [3.8, 4) is 0 Å². The van der Waals surface area contributed by atoms with Crippen molar-refractivity contribution in [3.63, 3.8) is 0 Å². The van der Waals surface area contributed by atoms with E-state index in [2.05, 4.69) is 0 Å². The first-order valence-electron chi connectivity index (χ1n) is 4.97. The minimum absolute atomic E-state index is 0.227. The fourth-order valence-corrected chi connectivity index (χ4v) is 1.11. The number of methoxy groups -OCH3 is 1. The van der Waals surface area contributed by atoms with Crippen molar-refractivity contribution in [2.75, 3.05) is 13.7 Å². The second-order valence-corrected chi connectivity index (χ2v) is 3.84. The Hall–Kier alpha value is -0.900. The molecule has 3 nitrogen and oxygen atoms in total. The van der Waals surface area contributed by atoms with Crippen LogP contribution in [0.3, 0.4) is 0 Å². The summed E-state index contributed by atoms with van der Waals surface area (Å²) < 4.78 is 10.5. The van der Waals surface area contributed by atoms with Gasteiger partial charge in [-0.15, -0.1) is 0 Å². The number of aliphatic hydroxyl groups is 1. The van der Waals surface area contributed by atoms with Crippen LogP contribution in [0.1, 0.15) is 25.5 Å². The molecule has 0 aromatic heterocycles. The highest BCUT2D eigenvalue weighted by molar-refractivity contribution is 5.17. The van der Waals surface area contributed by atoms with Crippen LogP contribution in [-0.2, 0) is 9.47 Å². The highest BCUT2D eigenvalue weighted by atomic mass is 16.7. The maximum absolute atomic E-state index is 9.80. The lowest BCUT2D eigenvalue weighted by Gasteiger charge is -2.25. The van der Waals surface area contributed by atoms with Gasteiger partial charge in [0, 0.05) is 7.11 Å². The fraction of sp³-hybridized carbons (Fsp3) is 0.500. The average Bonchev–Trinajstić information content (AvgIpc) is 2.27. The molecule has 0 fully saturated rings. The Morgan fingerprint density at radius 2 is 1.87 bits per heavy atom. The minimum Gasteiger partial charge on any atom is -0.386 e.